The smallest absolute Gasteiger partial charge is 0.474 e. The number of halogens is 5. The Hall–Kier alpha value is -2.75. The Morgan fingerprint density at radius 1 is 1.11 bits per heavy atom. The number of nitrogens with zero attached hydrogens (tertiary/aromatic N) is 1. The van der Waals surface area contributed by atoms with Gasteiger partial charge in [-0.2, -0.15) is 22.0 Å². The Labute approximate surface area is 152 Å². The quantitative estimate of drug-likeness (QED) is 0.597. The number of carboxylic acid groups (broad SMARTS) is 1. The fourth-order valence-corrected chi connectivity index (χ4v) is 3.25. The van der Waals surface area contributed by atoms with Crippen LogP contribution in [0.25, 0.3) is 20.8 Å². The first-order valence-corrected chi connectivity index (χ1v) is 8.18. The summed E-state index contributed by atoms with van der Waals surface area (Å²) in [6.45, 7) is 1.44. The normalized spacial score (nSPS) is 12.4. The van der Waals surface area contributed by atoms with Gasteiger partial charge in [-0.3, -0.25) is 0 Å². The van der Waals surface area contributed by atoms with Gasteiger partial charge in [-0.15, -0.1) is 11.3 Å². The molecule has 0 unspecified atom stereocenters. The molecule has 1 heterocycles. The van der Waals surface area contributed by atoms with Crippen molar-refractivity contribution in [2.45, 2.75) is 19.2 Å². The third kappa shape index (κ3) is 3.85. The molecule has 0 spiro atoms. The van der Waals surface area contributed by atoms with Crippen LogP contribution in [0.2, 0.25) is 0 Å². The van der Waals surface area contributed by atoms with Crippen molar-refractivity contribution in [2.24, 2.45) is 0 Å². The van der Waals surface area contributed by atoms with Crippen LogP contribution >= 0.6 is 11.3 Å². The van der Waals surface area contributed by atoms with E-state index in [1.54, 1.807) is 0 Å². The van der Waals surface area contributed by atoms with E-state index >= 15 is 0 Å². The van der Waals surface area contributed by atoms with Crippen molar-refractivity contribution in [3.63, 3.8) is 0 Å². The van der Waals surface area contributed by atoms with Crippen LogP contribution in [0, 0.1) is 6.92 Å². The number of hydrogen-bond acceptors (Lipinski definition) is 4. The van der Waals surface area contributed by atoms with Crippen molar-refractivity contribution in [3.8, 4) is 16.3 Å². The van der Waals surface area contributed by atoms with Crippen LogP contribution in [0.4, 0.5) is 22.0 Å². The van der Waals surface area contributed by atoms with Crippen molar-refractivity contribution in [3.05, 3.63) is 47.5 Å². The van der Waals surface area contributed by atoms with Gasteiger partial charge in [0.25, 0.3) is 0 Å². The van der Waals surface area contributed by atoms with Gasteiger partial charge < -0.3 is 9.84 Å². The first-order chi connectivity index (χ1) is 12.5. The molecule has 10 heteroatoms. The highest BCUT2D eigenvalue weighted by atomic mass is 32.1. The van der Waals surface area contributed by atoms with Crippen LogP contribution < -0.4 is 4.74 Å². The minimum atomic E-state index is -4.48. The number of benzene rings is 2. The number of thiazole rings is 1. The number of hydrogen-bond donors (Lipinski definition) is 1. The Kier molecular flexibility index (Phi) is 4.54. The molecular formula is C17H10F5NO3S. The summed E-state index contributed by atoms with van der Waals surface area (Å²) in [6, 6.07) is 7.19. The molecule has 142 valence electrons. The van der Waals surface area contributed by atoms with Crippen LogP contribution in [-0.4, -0.2) is 22.2 Å². The van der Waals surface area contributed by atoms with Gasteiger partial charge in [0, 0.05) is 5.56 Å². The molecule has 0 amide bonds. The highest BCUT2D eigenvalue weighted by Crippen LogP contribution is 2.36. The van der Waals surface area contributed by atoms with Crippen molar-refractivity contribution >= 4 is 27.5 Å². The molecule has 0 saturated carbocycles. The van der Waals surface area contributed by atoms with Gasteiger partial charge in [0.2, 0.25) is 0 Å². The van der Waals surface area contributed by atoms with Gasteiger partial charge in [-0.05, 0) is 48.9 Å². The molecule has 2 aromatic carbocycles. The standard InChI is InChI=1S/C17H10F5NO3S/c1-8-6-9(2-4-12(8)26-17(21,22)15(24)25)14-23-11-7-10(16(18,19)20)3-5-13(11)27-14/h2-7H,1H3,(H,24,25). The van der Waals surface area contributed by atoms with E-state index in [0.29, 0.717) is 15.3 Å². The van der Waals surface area contributed by atoms with E-state index < -0.39 is 23.8 Å². The number of alkyl halides is 5. The van der Waals surface area contributed by atoms with Crippen molar-refractivity contribution in [2.75, 3.05) is 0 Å². The number of aliphatic carboxylic acids is 1. The van der Waals surface area contributed by atoms with Crippen LogP contribution in [-0.2, 0) is 11.0 Å². The van der Waals surface area contributed by atoms with Gasteiger partial charge in [0.05, 0.1) is 15.8 Å². The predicted molar refractivity (Wildman–Crippen MR) is 88.0 cm³/mol. The number of fused-ring (bicyclic) bond motifs is 1. The summed E-state index contributed by atoms with van der Waals surface area (Å²) in [5.74, 6) is -2.75. The minimum absolute atomic E-state index is 0.167. The fourth-order valence-electron chi connectivity index (χ4n) is 2.31. The highest BCUT2D eigenvalue weighted by Gasteiger charge is 2.42. The summed E-state index contributed by atoms with van der Waals surface area (Å²) in [6.07, 6.45) is -8.86. The second-order valence-corrected chi connectivity index (χ2v) is 6.63. The maximum atomic E-state index is 13.2. The van der Waals surface area contributed by atoms with E-state index in [2.05, 4.69) is 9.72 Å². The zero-order chi connectivity index (χ0) is 20.0. The van der Waals surface area contributed by atoms with E-state index in [1.165, 1.54) is 25.1 Å². The highest BCUT2D eigenvalue weighted by molar-refractivity contribution is 7.21. The van der Waals surface area contributed by atoms with Crippen molar-refractivity contribution in [1.82, 2.24) is 4.98 Å². The van der Waals surface area contributed by atoms with Crippen LogP contribution in [0.1, 0.15) is 11.1 Å². The van der Waals surface area contributed by atoms with Crippen molar-refractivity contribution in [1.29, 1.82) is 0 Å². The van der Waals surface area contributed by atoms with E-state index in [1.807, 2.05) is 0 Å². The Balaban J connectivity index is 1.95. The largest absolute Gasteiger partial charge is 0.501 e. The second kappa shape index (κ2) is 6.45. The molecule has 0 aliphatic carbocycles. The van der Waals surface area contributed by atoms with Gasteiger partial charge in [0.15, 0.2) is 0 Å². The molecule has 0 aliphatic heterocycles. The van der Waals surface area contributed by atoms with E-state index in [9.17, 15) is 26.7 Å². The zero-order valence-corrected chi connectivity index (χ0v) is 14.3. The molecule has 1 aromatic heterocycles. The average Bonchev–Trinajstić information content (AvgIpc) is 2.98. The monoisotopic (exact) mass is 403 g/mol. The molecule has 0 radical (unpaired) electrons. The summed E-state index contributed by atoms with van der Waals surface area (Å²) in [5, 5.41) is 8.82. The Bertz CT molecular complexity index is 1030. The SMILES string of the molecule is Cc1cc(-c2nc3cc(C(F)(F)F)ccc3s2)ccc1OC(F)(F)C(=O)O. The molecular weight excluding hydrogens is 393 g/mol. The maximum Gasteiger partial charge on any atom is 0.501 e. The molecule has 0 atom stereocenters. The topological polar surface area (TPSA) is 59.4 Å². The lowest BCUT2D eigenvalue weighted by Crippen LogP contribution is -2.35. The van der Waals surface area contributed by atoms with Gasteiger partial charge in [-0.1, -0.05) is 0 Å². The zero-order valence-electron chi connectivity index (χ0n) is 13.5. The van der Waals surface area contributed by atoms with Gasteiger partial charge >= 0.3 is 18.3 Å². The Morgan fingerprint density at radius 2 is 1.81 bits per heavy atom. The minimum Gasteiger partial charge on any atom is -0.474 e. The lowest BCUT2D eigenvalue weighted by atomic mass is 10.1. The van der Waals surface area contributed by atoms with Crippen LogP contribution in [0.5, 0.6) is 5.75 Å². The number of aryl methyl sites for hydroxylation is 1. The predicted octanol–water partition coefficient (Wildman–Crippen LogP) is 5.35. The second-order valence-electron chi connectivity index (χ2n) is 5.60. The number of aromatic nitrogens is 1. The molecule has 1 N–H and O–H groups in total. The summed E-state index contributed by atoms with van der Waals surface area (Å²) >= 11 is 1.14. The van der Waals surface area contributed by atoms with Gasteiger partial charge in [0.1, 0.15) is 10.8 Å². The molecule has 0 aliphatic rings. The van der Waals surface area contributed by atoms with Crippen LogP contribution in [0.15, 0.2) is 36.4 Å². The molecule has 3 rings (SSSR count). The average molecular weight is 403 g/mol. The number of ether oxygens (including phenoxy) is 1. The molecule has 4 nitrogen and oxygen atoms in total. The van der Waals surface area contributed by atoms with E-state index in [-0.39, 0.29) is 16.8 Å². The van der Waals surface area contributed by atoms with Crippen LogP contribution in [0.3, 0.4) is 0 Å². The first-order valence-electron chi connectivity index (χ1n) is 7.36. The third-order valence-electron chi connectivity index (χ3n) is 3.62. The molecule has 0 bridgehead atoms. The summed E-state index contributed by atoms with van der Waals surface area (Å²) < 4.78 is 69.5. The maximum absolute atomic E-state index is 13.2. The van der Waals surface area contributed by atoms with E-state index in [0.717, 1.165) is 29.5 Å². The number of carboxylic acids is 1. The Morgan fingerprint density at radius 3 is 2.41 bits per heavy atom. The summed E-state index contributed by atoms with van der Waals surface area (Å²) in [5.41, 5.74) is 0.0554. The molecule has 3 aromatic rings. The number of rotatable bonds is 4. The third-order valence-corrected chi connectivity index (χ3v) is 4.71. The number of carbonyl (C=O) groups is 1. The first kappa shape index (κ1) is 19.0. The van der Waals surface area contributed by atoms with E-state index in [4.69, 9.17) is 5.11 Å². The molecule has 27 heavy (non-hydrogen) atoms. The lowest BCUT2D eigenvalue weighted by molar-refractivity contribution is -0.211. The summed E-state index contributed by atoms with van der Waals surface area (Å²) in [7, 11) is 0. The molecule has 0 saturated heterocycles. The van der Waals surface area contributed by atoms with Crippen molar-refractivity contribution < 1.29 is 36.6 Å². The van der Waals surface area contributed by atoms with Gasteiger partial charge in [-0.25, -0.2) is 9.78 Å². The summed E-state index contributed by atoms with van der Waals surface area (Å²) in [4.78, 5) is 14.6. The molecule has 0 fully saturated rings. The fraction of sp³-hybridized carbons (Fsp3) is 0.176. The lowest BCUT2D eigenvalue weighted by Gasteiger charge is -2.15.